The van der Waals surface area contributed by atoms with Gasteiger partial charge < -0.3 is 15.2 Å². The van der Waals surface area contributed by atoms with Crippen molar-refractivity contribution < 1.29 is 27.8 Å². The molecule has 130 valence electrons. The van der Waals surface area contributed by atoms with E-state index in [9.17, 15) is 18.0 Å². The molecule has 2 heterocycles. The molecule has 0 radical (unpaired) electrons. The van der Waals surface area contributed by atoms with Gasteiger partial charge in [-0.15, -0.1) is 10.2 Å². The highest BCUT2D eigenvalue weighted by Gasteiger charge is 2.40. The second-order valence-corrected chi connectivity index (χ2v) is 4.58. The smallest absolute Gasteiger partial charge is 0.434 e. The number of methoxy groups -OCH3 is 1. The van der Waals surface area contributed by atoms with Crippen molar-refractivity contribution in [2.45, 2.75) is 12.6 Å². The predicted octanol–water partition coefficient (Wildman–Crippen LogP) is 0.802. The van der Waals surface area contributed by atoms with Crippen molar-refractivity contribution in [3.05, 3.63) is 29.6 Å². The van der Waals surface area contributed by atoms with Crippen LogP contribution in [0.15, 0.2) is 18.3 Å². The van der Waals surface area contributed by atoms with Gasteiger partial charge in [-0.25, -0.2) is 4.68 Å². The van der Waals surface area contributed by atoms with E-state index in [2.05, 4.69) is 20.6 Å². The number of amides is 1. The standard InChI is InChI=1S/C13H14F3N5O3/c1-24-10-4-3-9(19-20-10)21-11(13(14,15)16)8(7-18-21)12(23)17-5-2-6-22/h3-4,7,22H,2,5-6H2,1H3,(H,17,23). The highest BCUT2D eigenvalue weighted by Crippen LogP contribution is 2.33. The lowest BCUT2D eigenvalue weighted by Crippen LogP contribution is -2.28. The third kappa shape index (κ3) is 3.79. The number of aliphatic hydroxyl groups excluding tert-OH is 1. The van der Waals surface area contributed by atoms with E-state index in [1.807, 2.05) is 0 Å². The quantitative estimate of drug-likeness (QED) is 0.751. The number of hydrogen-bond acceptors (Lipinski definition) is 6. The number of nitrogens with one attached hydrogen (secondary N) is 1. The molecule has 2 aromatic rings. The molecular weight excluding hydrogens is 331 g/mol. The zero-order valence-corrected chi connectivity index (χ0v) is 12.5. The molecular formula is C13H14F3N5O3. The second kappa shape index (κ2) is 7.25. The van der Waals surface area contributed by atoms with Crippen LogP contribution in [0.3, 0.4) is 0 Å². The van der Waals surface area contributed by atoms with Crippen LogP contribution in [0.1, 0.15) is 22.5 Å². The van der Waals surface area contributed by atoms with Gasteiger partial charge in [0.05, 0.1) is 18.9 Å². The SMILES string of the molecule is COc1ccc(-n2ncc(C(=O)NCCCO)c2C(F)(F)F)nn1. The maximum atomic E-state index is 13.4. The Labute approximate surface area is 134 Å². The molecule has 2 aromatic heterocycles. The topological polar surface area (TPSA) is 102 Å². The second-order valence-electron chi connectivity index (χ2n) is 4.58. The highest BCUT2D eigenvalue weighted by atomic mass is 19.4. The molecule has 0 fully saturated rings. The molecule has 0 atom stereocenters. The van der Waals surface area contributed by atoms with Crippen LogP contribution in [0.5, 0.6) is 5.88 Å². The van der Waals surface area contributed by atoms with Crippen LogP contribution < -0.4 is 10.1 Å². The van der Waals surface area contributed by atoms with Gasteiger partial charge in [0.2, 0.25) is 5.88 Å². The van der Waals surface area contributed by atoms with E-state index in [0.717, 1.165) is 6.20 Å². The van der Waals surface area contributed by atoms with Crippen molar-refractivity contribution in [1.82, 2.24) is 25.3 Å². The lowest BCUT2D eigenvalue weighted by Gasteiger charge is -2.12. The zero-order valence-electron chi connectivity index (χ0n) is 12.5. The van der Waals surface area contributed by atoms with Crippen molar-refractivity contribution in [1.29, 1.82) is 0 Å². The predicted molar refractivity (Wildman–Crippen MR) is 74.7 cm³/mol. The number of carbonyl (C=O) groups excluding carboxylic acids is 1. The molecule has 0 saturated heterocycles. The van der Waals surface area contributed by atoms with E-state index in [-0.39, 0.29) is 31.3 Å². The maximum absolute atomic E-state index is 13.4. The van der Waals surface area contributed by atoms with E-state index in [1.165, 1.54) is 19.2 Å². The number of carbonyl (C=O) groups is 1. The summed E-state index contributed by atoms with van der Waals surface area (Å²) in [6.45, 7) is -0.146. The number of hydrogen-bond donors (Lipinski definition) is 2. The molecule has 0 unspecified atom stereocenters. The molecule has 11 heteroatoms. The van der Waals surface area contributed by atoms with Gasteiger partial charge in [0.1, 0.15) is 0 Å². The van der Waals surface area contributed by atoms with Crippen molar-refractivity contribution in [2.24, 2.45) is 0 Å². The fraction of sp³-hybridized carbons (Fsp3) is 0.385. The molecule has 1 amide bonds. The van der Waals surface area contributed by atoms with E-state index in [0.29, 0.717) is 4.68 Å². The lowest BCUT2D eigenvalue weighted by atomic mass is 10.2. The van der Waals surface area contributed by atoms with Crippen molar-refractivity contribution in [3.8, 4) is 11.7 Å². The Morgan fingerprint density at radius 2 is 2.12 bits per heavy atom. The third-order valence-corrected chi connectivity index (χ3v) is 2.95. The first kappa shape index (κ1) is 17.7. The van der Waals surface area contributed by atoms with Crippen LogP contribution in [-0.4, -0.2) is 51.3 Å². The molecule has 2 N–H and O–H groups in total. The van der Waals surface area contributed by atoms with E-state index in [4.69, 9.17) is 9.84 Å². The highest BCUT2D eigenvalue weighted by molar-refractivity contribution is 5.95. The summed E-state index contributed by atoms with van der Waals surface area (Å²) in [5.74, 6) is -1.03. The monoisotopic (exact) mass is 345 g/mol. The first-order valence-corrected chi connectivity index (χ1v) is 6.81. The van der Waals surface area contributed by atoms with Gasteiger partial charge in [0, 0.05) is 19.2 Å². The summed E-state index contributed by atoms with van der Waals surface area (Å²) in [4.78, 5) is 11.9. The number of ether oxygens (including phenoxy) is 1. The lowest BCUT2D eigenvalue weighted by molar-refractivity contribution is -0.143. The van der Waals surface area contributed by atoms with Crippen LogP contribution in [0.25, 0.3) is 5.82 Å². The van der Waals surface area contributed by atoms with Gasteiger partial charge in [-0.05, 0) is 12.5 Å². The summed E-state index contributed by atoms with van der Waals surface area (Å²) in [6, 6.07) is 2.56. The molecule has 8 nitrogen and oxygen atoms in total. The Morgan fingerprint density at radius 1 is 1.38 bits per heavy atom. The summed E-state index contributed by atoms with van der Waals surface area (Å²) in [7, 11) is 1.34. The average molecular weight is 345 g/mol. The zero-order chi connectivity index (χ0) is 17.7. The van der Waals surface area contributed by atoms with Crippen molar-refractivity contribution in [2.75, 3.05) is 20.3 Å². The van der Waals surface area contributed by atoms with Crippen molar-refractivity contribution >= 4 is 5.91 Å². The summed E-state index contributed by atoms with van der Waals surface area (Å²) < 4.78 is 45.4. The van der Waals surface area contributed by atoms with E-state index < -0.39 is 23.3 Å². The maximum Gasteiger partial charge on any atom is 0.434 e. The minimum atomic E-state index is -4.83. The molecule has 2 rings (SSSR count). The molecule has 0 aromatic carbocycles. The number of nitrogens with zero attached hydrogens (tertiary/aromatic N) is 4. The van der Waals surface area contributed by atoms with E-state index >= 15 is 0 Å². The Balaban J connectivity index is 2.40. The van der Waals surface area contributed by atoms with Gasteiger partial charge in [0.15, 0.2) is 11.5 Å². The summed E-state index contributed by atoms with van der Waals surface area (Å²) in [5, 5.41) is 21.7. The molecule has 0 bridgehead atoms. The molecule has 0 aliphatic heterocycles. The fourth-order valence-electron chi connectivity index (χ4n) is 1.87. The Hall–Kier alpha value is -2.69. The normalized spacial score (nSPS) is 11.4. The number of alkyl halides is 3. The fourth-order valence-corrected chi connectivity index (χ4v) is 1.87. The molecule has 0 spiro atoms. The minimum absolute atomic E-state index is 0.0418. The van der Waals surface area contributed by atoms with Gasteiger partial charge in [-0.3, -0.25) is 4.79 Å². The molecule has 0 saturated carbocycles. The largest absolute Gasteiger partial charge is 0.480 e. The summed E-state index contributed by atoms with van der Waals surface area (Å²) >= 11 is 0. The van der Waals surface area contributed by atoms with Gasteiger partial charge in [-0.2, -0.15) is 18.3 Å². The molecule has 0 aliphatic carbocycles. The summed E-state index contributed by atoms with van der Waals surface area (Å²) in [5.41, 5.74) is -1.90. The molecule has 0 aliphatic rings. The van der Waals surface area contributed by atoms with Crippen LogP contribution >= 0.6 is 0 Å². The van der Waals surface area contributed by atoms with Gasteiger partial charge >= 0.3 is 6.18 Å². The van der Waals surface area contributed by atoms with Crippen LogP contribution in [-0.2, 0) is 6.18 Å². The Morgan fingerprint density at radius 3 is 2.67 bits per heavy atom. The first-order chi connectivity index (χ1) is 11.4. The third-order valence-electron chi connectivity index (χ3n) is 2.95. The Kier molecular flexibility index (Phi) is 5.34. The number of halogens is 3. The van der Waals surface area contributed by atoms with Crippen molar-refractivity contribution in [3.63, 3.8) is 0 Å². The van der Waals surface area contributed by atoms with Gasteiger partial charge in [0.25, 0.3) is 5.91 Å². The summed E-state index contributed by atoms with van der Waals surface area (Å²) in [6.07, 6.45) is -3.80. The van der Waals surface area contributed by atoms with Gasteiger partial charge in [-0.1, -0.05) is 0 Å². The van der Waals surface area contributed by atoms with Crippen LogP contribution in [0, 0.1) is 0 Å². The number of aromatic nitrogens is 4. The average Bonchev–Trinajstić information content (AvgIpc) is 3.00. The molecule has 24 heavy (non-hydrogen) atoms. The van der Waals surface area contributed by atoms with E-state index in [1.54, 1.807) is 0 Å². The van der Waals surface area contributed by atoms with Crippen LogP contribution in [0.2, 0.25) is 0 Å². The Bertz CT molecular complexity index is 700. The number of rotatable bonds is 6. The minimum Gasteiger partial charge on any atom is -0.480 e. The first-order valence-electron chi connectivity index (χ1n) is 6.81. The number of aliphatic hydroxyl groups is 1. The van der Waals surface area contributed by atoms with Crippen LogP contribution in [0.4, 0.5) is 13.2 Å².